The van der Waals surface area contributed by atoms with Gasteiger partial charge in [-0.2, -0.15) is 0 Å². The first-order valence-electron chi connectivity index (χ1n) is 3.04. The van der Waals surface area contributed by atoms with Gasteiger partial charge < -0.3 is 15.1 Å². The summed E-state index contributed by atoms with van der Waals surface area (Å²) >= 11 is 0. The minimum absolute atomic E-state index is 0. The summed E-state index contributed by atoms with van der Waals surface area (Å²) in [6.07, 6.45) is 0. The first kappa shape index (κ1) is 18.4. The quantitative estimate of drug-likeness (QED) is 0.466. The van der Waals surface area contributed by atoms with E-state index >= 15 is 0 Å². The Balaban J connectivity index is -0.000000126. The minimum atomic E-state index is -1.06. The number of aliphatic carboxylic acids is 1. The Morgan fingerprint density at radius 1 is 1.50 bits per heavy atom. The predicted octanol–water partition coefficient (Wildman–Crippen LogP) is 0.119. The van der Waals surface area contributed by atoms with Crippen molar-refractivity contribution in [1.29, 1.82) is 0 Å². The molecule has 0 aromatic rings. The Kier molecular flexibility index (Phi) is 14.8. The summed E-state index contributed by atoms with van der Waals surface area (Å²) in [5, 5.41) is 16.2. The van der Waals surface area contributed by atoms with Crippen LogP contribution in [-0.4, -0.2) is 79.7 Å². The molecule has 0 atom stereocenters. The van der Waals surface area contributed by atoms with E-state index in [0.717, 1.165) is 0 Å². The molecule has 0 saturated carbocycles. The number of nitrogens with zero attached hydrogens (tertiary/aromatic N) is 1. The number of carboxylic acids is 1. The average Bonchev–Trinajstić information content (AvgIpc) is 1.58. The molecule has 0 heterocycles. The van der Waals surface area contributed by atoms with Gasteiger partial charge in [0.05, 0.1) is 5.60 Å². The zero-order chi connectivity index (χ0) is 9.49. The van der Waals surface area contributed by atoms with Crippen LogP contribution in [0.5, 0.6) is 0 Å². The van der Waals surface area contributed by atoms with E-state index in [9.17, 15) is 4.79 Å². The first-order chi connectivity index (χ1) is 4.77. The van der Waals surface area contributed by atoms with Gasteiger partial charge >= 0.3 is 63.9 Å². The molecular weight excluding hydrogens is 185 g/mol. The molecule has 0 bridgehead atoms. The molecule has 0 radical (unpaired) electrons. The van der Waals surface area contributed by atoms with Crippen LogP contribution in [-0.2, 0) is 4.79 Å². The number of rotatable bonds is 1. The second-order valence-electron chi connectivity index (χ2n) is 2.88. The Morgan fingerprint density at radius 3 is 1.75 bits per heavy atom. The third-order valence-electron chi connectivity index (χ3n) is 0.214. The van der Waals surface area contributed by atoms with Crippen molar-refractivity contribution in [2.24, 2.45) is 0 Å². The third-order valence-corrected chi connectivity index (χ3v) is 0.214. The summed E-state index contributed by atoms with van der Waals surface area (Å²) in [5.74, 6) is -1.06. The van der Waals surface area contributed by atoms with Gasteiger partial charge in [0.1, 0.15) is 0 Å². The molecule has 5 heteroatoms. The van der Waals surface area contributed by atoms with E-state index in [1.807, 2.05) is 0 Å². The van der Waals surface area contributed by atoms with Crippen LogP contribution in [0.3, 0.4) is 0 Å². The topological polar surface area (TPSA) is 61.9 Å². The van der Waals surface area contributed by atoms with E-state index in [4.69, 9.17) is 16.8 Å². The van der Waals surface area contributed by atoms with Gasteiger partial charge in [0.15, 0.2) is 0 Å². The third kappa shape index (κ3) is 76.2. The van der Waals surface area contributed by atoms with Gasteiger partial charge in [-0.3, -0.25) is 0 Å². The zero-order valence-electron chi connectivity index (χ0n) is 6.96. The normalized spacial score (nSPS) is 8.25. The van der Waals surface area contributed by atoms with Gasteiger partial charge in [0, 0.05) is 0 Å². The molecule has 66 valence electrons. The van der Waals surface area contributed by atoms with Crippen LogP contribution in [0.25, 0.3) is 4.85 Å². The molecule has 0 aromatic heterocycles. The fraction of sp³-hybridized carbons (Fsp3) is 0.714. The van der Waals surface area contributed by atoms with Crippen LogP contribution in [0, 0.1) is 6.57 Å². The molecule has 0 saturated heterocycles. The summed E-state index contributed by atoms with van der Waals surface area (Å²) in [6, 6.07) is 0. The molecule has 0 aliphatic heterocycles. The van der Waals surface area contributed by atoms with Gasteiger partial charge in [-0.15, -0.1) is 0 Å². The second kappa shape index (κ2) is 9.64. The fourth-order valence-electron chi connectivity index (χ4n) is 0.0676. The van der Waals surface area contributed by atoms with Crippen molar-refractivity contribution in [3.8, 4) is 0 Å². The molecule has 2 N–H and O–H groups in total. The summed E-state index contributed by atoms with van der Waals surface area (Å²) in [5.41, 5.74) is -0.500. The summed E-state index contributed by atoms with van der Waals surface area (Å²) in [4.78, 5) is 12.0. The van der Waals surface area contributed by atoms with E-state index < -0.39 is 18.1 Å². The van der Waals surface area contributed by atoms with Crippen LogP contribution in [0.2, 0.25) is 0 Å². The SMILES string of the molecule is CC(C)(C)O.[C-]#[N+]CC(=O)O.[KH]. The molecular formula is C7H14KNO3. The molecule has 0 unspecified atom stereocenters. The van der Waals surface area contributed by atoms with Crippen molar-refractivity contribution in [1.82, 2.24) is 0 Å². The van der Waals surface area contributed by atoms with Gasteiger partial charge in [0.2, 0.25) is 0 Å². The molecule has 0 fully saturated rings. The Labute approximate surface area is 115 Å². The Hall–Kier alpha value is 0.556. The standard InChI is InChI=1S/C4H10O.C3H3NO2.K.H/c1-4(2,3)5;1-4-2-3(5)6;;/h5H,1-3H3;2H2,(H,5,6);;. The molecule has 0 aliphatic carbocycles. The monoisotopic (exact) mass is 199 g/mol. The second-order valence-corrected chi connectivity index (χ2v) is 2.88. The Bertz CT molecular complexity index is 151. The van der Waals surface area contributed by atoms with Crippen LogP contribution >= 0.6 is 0 Å². The van der Waals surface area contributed by atoms with E-state index in [0.29, 0.717) is 0 Å². The maximum atomic E-state index is 9.39. The van der Waals surface area contributed by atoms with Crippen LogP contribution in [0.1, 0.15) is 20.8 Å². The number of aliphatic hydroxyl groups is 1. The van der Waals surface area contributed by atoms with Crippen LogP contribution in [0.4, 0.5) is 0 Å². The molecule has 0 spiro atoms. The number of carboxylic acid groups (broad SMARTS) is 1. The molecule has 0 amide bonds. The summed E-state index contributed by atoms with van der Waals surface area (Å²) < 4.78 is 0. The van der Waals surface area contributed by atoms with Gasteiger partial charge in [-0.25, -0.2) is 11.4 Å². The number of carbonyl (C=O) groups is 1. The van der Waals surface area contributed by atoms with Crippen molar-refractivity contribution < 1.29 is 15.0 Å². The number of hydrogen-bond donors (Lipinski definition) is 2. The van der Waals surface area contributed by atoms with Crippen LogP contribution in [0.15, 0.2) is 0 Å². The van der Waals surface area contributed by atoms with Gasteiger partial charge in [0.25, 0.3) is 0 Å². The molecule has 4 nitrogen and oxygen atoms in total. The van der Waals surface area contributed by atoms with E-state index in [2.05, 4.69) is 4.85 Å². The van der Waals surface area contributed by atoms with Crippen molar-refractivity contribution in [2.75, 3.05) is 6.54 Å². The fourth-order valence-corrected chi connectivity index (χ4v) is 0.0676. The number of hydrogen-bond acceptors (Lipinski definition) is 2. The zero-order valence-corrected chi connectivity index (χ0v) is 6.96. The first-order valence-corrected chi connectivity index (χ1v) is 3.04. The van der Waals surface area contributed by atoms with Gasteiger partial charge in [-0.05, 0) is 20.8 Å². The van der Waals surface area contributed by atoms with E-state index in [1.54, 1.807) is 20.8 Å². The summed E-state index contributed by atoms with van der Waals surface area (Å²) in [7, 11) is 0. The molecule has 0 aliphatic rings. The van der Waals surface area contributed by atoms with Crippen molar-refractivity contribution in [3.05, 3.63) is 11.4 Å². The van der Waals surface area contributed by atoms with Crippen molar-refractivity contribution in [3.63, 3.8) is 0 Å². The van der Waals surface area contributed by atoms with Crippen LogP contribution < -0.4 is 0 Å². The molecule has 12 heavy (non-hydrogen) atoms. The van der Waals surface area contributed by atoms with E-state index in [1.165, 1.54) is 0 Å². The maximum absolute atomic E-state index is 9.39. The summed E-state index contributed by atoms with van der Waals surface area (Å²) in [6.45, 7) is 10.8. The molecule has 0 rings (SSSR count). The van der Waals surface area contributed by atoms with Crippen molar-refractivity contribution in [2.45, 2.75) is 26.4 Å². The Morgan fingerprint density at radius 2 is 1.75 bits per heavy atom. The van der Waals surface area contributed by atoms with Crippen molar-refractivity contribution >= 4 is 57.4 Å². The average molecular weight is 199 g/mol. The van der Waals surface area contributed by atoms with E-state index in [-0.39, 0.29) is 51.4 Å². The van der Waals surface area contributed by atoms with Gasteiger partial charge in [-0.1, -0.05) is 0 Å². The predicted molar refractivity (Wildman–Crippen MR) is 48.2 cm³/mol. The molecule has 0 aromatic carbocycles.